The van der Waals surface area contributed by atoms with E-state index in [9.17, 15) is 14.4 Å². The maximum atomic E-state index is 12.0. The molecule has 0 aliphatic rings. The second-order valence-corrected chi connectivity index (χ2v) is 5.98. The first kappa shape index (κ1) is 19.2. The minimum absolute atomic E-state index is 0.221. The van der Waals surface area contributed by atoms with Crippen molar-refractivity contribution in [3.05, 3.63) is 47.3 Å². The number of aromatic nitrogens is 2. The Morgan fingerprint density at radius 1 is 1.23 bits per heavy atom. The van der Waals surface area contributed by atoms with E-state index in [0.29, 0.717) is 0 Å². The van der Waals surface area contributed by atoms with Crippen molar-refractivity contribution in [2.75, 3.05) is 11.9 Å². The number of amides is 2. The van der Waals surface area contributed by atoms with Gasteiger partial charge in [-0.1, -0.05) is 18.2 Å². The summed E-state index contributed by atoms with van der Waals surface area (Å²) in [5, 5.41) is 9.09. The van der Waals surface area contributed by atoms with Gasteiger partial charge < -0.3 is 15.4 Å². The van der Waals surface area contributed by atoms with E-state index in [-0.39, 0.29) is 18.0 Å². The molecule has 0 aliphatic carbocycles. The normalized spacial score (nSPS) is 11.5. The van der Waals surface area contributed by atoms with E-state index < -0.39 is 18.0 Å². The minimum atomic E-state index is -1.03. The molecule has 0 aliphatic heterocycles. The standard InChI is InChI=1S/C18H22N4O4/c1-11-6-5-7-12(2)16(11)21-15(23)9-19-17(24)13(3)26-18(25)14-8-20-22(4)10-14/h5-8,10,13H,9H2,1-4H3,(H,19,24)(H,21,23)/t13-/m1/s1. The lowest BCUT2D eigenvalue weighted by Gasteiger charge is -2.14. The van der Waals surface area contributed by atoms with Crippen molar-refractivity contribution in [2.24, 2.45) is 7.05 Å². The van der Waals surface area contributed by atoms with Crippen LogP contribution in [0, 0.1) is 13.8 Å². The molecule has 2 amide bonds. The molecular weight excluding hydrogens is 336 g/mol. The molecular formula is C18H22N4O4. The largest absolute Gasteiger partial charge is 0.449 e. The predicted octanol–water partition coefficient (Wildman–Crippen LogP) is 1.34. The highest BCUT2D eigenvalue weighted by molar-refractivity contribution is 5.97. The molecule has 26 heavy (non-hydrogen) atoms. The van der Waals surface area contributed by atoms with Crippen LogP contribution in [0.2, 0.25) is 0 Å². The molecule has 2 aromatic rings. The smallest absolute Gasteiger partial charge is 0.342 e. The second-order valence-electron chi connectivity index (χ2n) is 5.98. The van der Waals surface area contributed by atoms with Gasteiger partial charge in [0.1, 0.15) is 0 Å². The Balaban J connectivity index is 1.83. The molecule has 2 N–H and O–H groups in total. The number of anilines is 1. The molecule has 0 spiro atoms. The van der Waals surface area contributed by atoms with E-state index in [4.69, 9.17) is 4.74 Å². The summed E-state index contributed by atoms with van der Waals surface area (Å²) in [6.07, 6.45) is 1.81. The number of aryl methyl sites for hydroxylation is 3. The Kier molecular flexibility index (Phi) is 6.11. The Morgan fingerprint density at radius 3 is 2.46 bits per heavy atom. The molecule has 1 atom stereocenters. The van der Waals surface area contributed by atoms with Crippen molar-refractivity contribution in [2.45, 2.75) is 26.9 Å². The molecule has 138 valence electrons. The van der Waals surface area contributed by atoms with Gasteiger partial charge in [-0.15, -0.1) is 0 Å². The predicted molar refractivity (Wildman–Crippen MR) is 95.6 cm³/mol. The van der Waals surface area contributed by atoms with Crippen molar-refractivity contribution < 1.29 is 19.1 Å². The average molecular weight is 358 g/mol. The fourth-order valence-corrected chi connectivity index (χ4v) is 2.32. The van der Waals surface area contributed by atoms with Gasteiger partial charge in [0.15, 0.2) is 6.10 Å². The highest BCUT2D eigenvalue weighted by Gasteiger charge is 2.20. The van der Waals surface area contributed by atoms with Gasteiger partial charge in [0.05, 0.1) is 18.3 Å². The Bertz CT molecular complexity index is 808. The molecule has 2 rings (SSSR count). The molecule has 8 heteroatoms. The summed E-state index contributed by atoms with van der Waals surface area (Å²) in [5.41, 5.74) is 2.84. The average Bonchev–Trinajstić information content (AvgIpc) is 3.02. The summed E-state index contributed by atoms with van der Waals surface area (Å²) in [5.74, 6) is -1.57. The molecule has 0 bridgehead atoms. The number of hydrogen-bond acceptors (Lipinski definition) is 5. The topological polar surface area (TPSA) is 102 Å². The van der Waals surface area contributed by atoms with Crippen molar-refractivity contribution in [3.63, 3.8) is 0 Å². The van der Waals surface area contributed by atoms with Crippen LogP contribution in [0.25, 0.3) is 0 Å². The van der Waals surface area contributed by atoms with Crippen LogP contribution in [0.15, 0.2) is 30.6 Å². The summed E-state index contributed by atoms with van der Waals surface area (Å²) in [6, 6.07) is 5.68. The molecule has 0 saturated heterocycles. The van der Waals surface area contributed by atoms with E-state index in [2.05, 4.69) is 15.7 Å². The Labute approximate surface area is 151 Å². The number of rotatable bonds is 6. The molecule has 8 nitrogen and oxygen atoms in total. The molecule has 0 saturated carbocycles. The van der Waals surface area contributed by atoms with Crippen LogP contribution >= 0.6 is 0 Å². The van der Waals surface area contributed by atoms with E-state index in [1.165, 1.54) is 24.0 Å². The fourth-order valence-electron chi connectivity index (χ4n) is 2.32. The van der Waals surface area contributed by atoms with Crippen molar-refractivity contribution in [1.29, 1.82) is 0 Å². The van der Waals surface area contributed by atoms with Crippen LogP contribution in [-0.4, -0.2) is 40.2 Å². The number of hydrogen-bond donors (Lipinski definition) is 2. The van der Waals surface area contributed by atoms with E-state index in [1.54, 1.807) is 7.05 Å². The molecule has 1 heterocycles. The number of benzene rings is 1. The third-order valence-corrected chi connectivity index (χ3v) is 3.76. The van der Waals surface area contributed by atoms with E-state index in [0.717, 1.165) is 16.8 Å². The molecule has 0 fully saturated rings. The number of carbonyl (C=O) groups is 3. The highest BCUT2D eigenvalue weighted by Crippen LogP contribution is 2.18. The molecule has 1 aromatic heterocycles. The number of nitrogens with one attached hydrogen (secondary N) is 2. The minimum Gasteiger partial charge on any atom is -0.449 e. The number of para-hydroxylation sites is 1. The van der Waals surface area contributed by atoms with Crippen LogP contribution in [0.3, 0.4) is 0 Å². The second kappa shape index (κ2) is 8.28. The summed E-state index contributed by atoms with van der Waals surface area (Å²) >= 11 is 0. The Morgan fingerprint density at radius 2 is 1.88 bits per heavy atom. The summed E-state index contributed by atoms with van der Waals surface area (Å²) in [7, 11) is 1.67. The lowest BCUT2D eigenvalue weighted by atomic mass is 10.1. The number of nitrogens with zero attached hydrogens (tertiary/aromatic N) is 2. The van der Waals surface area contributed by atoms with Crippen LogP contribution in [0.4, 0.5) is 5.69 Å². The highest BCUT2D eigenvalue weighted by atomic mass is 16.5. The fraction of sp³-hybridized carbons (Fsp3) is 0.333. The number of carbonyl (C=O) groups excluding carboxylic acids is 3. The third-order valence-electron chi connectivity index (χ3n) is 3.76. The maximum Gasteiger partial charge on any atom is 0.342 e. The number of esters is 1. The lowest BCUT2D eigenvalue weighted by Crippen LogP contribution is -2.40. The van der Waals surface area contributed by atoms with E-state index >= 15 is 0 Å². The molecule has 1 aromatic carbocycles. The van der Waals surface area contributed by atoms with Crippen LogP contribution in [-0.2, 0) is 21.4 Å². The van der Waals surface area contributed by atoms with Crippen molar-refractivity contribution >= 4 is 23.5 Å². The van der Waals surface area contributed by atoms with Gasteiger partial charge in [-0.2, -0.15) is 5.10 Å². The van der Waals surface area contributed by atoms with Gasteiger partial charge in [-0.3, -0.25) is 14.3 Å². The van der Waals surface area contributed by atoms with Gasteiger partial charge in [0.2, 0.25) is 5.91 Å². The summed E-state index contributed by atoms with van der Waals surface area (Å²) in [6.45, 7) is 5.00. The third kappa shape index (κ3) is 4.92. The van der Waals surface area contributed by atoms with Gasteiger partial charge >= 0.3 is 5.97 Å². The molecule has 0 radical (unpaired) electrons. The number of ether oxygens (including phenoxy) is 1. The van der Waals surface area contributed by atoms with Gasteiger partial charge in [-0.05, 0) is 31.9 Å². The van der Waals surface area contributed by atoms with Crippen LogP contribution < -0.4 is 10.6 Å². The lowest BCUT2D eigenvalue weighted by molar-refractivity contribution is -0.130. The monoisotopic (exact) mass is 358 g/mol. The molecule has 0 unspecified atom stereocenters. The zero-order chi connectivity index (χ0) is 19.3. The SMILES string of the molecule is Cc1cccc(C)c1NC(=O)CNC(=O)[C@@H](C)OC(=O)c1cnn(C)c1. The quantitative estimate of drug-likeness (QED) is 0.759. The summed E-state index contributed by atoms with van der Waals surface area (Å²) < 4.78 is 6.52. The van der Waals surface area contributed by atoms with Crippen molar-refractivity contribution in [3.8, 4) is 0 Å². The Hall–Kier alpha value is -3.16. The first-order valence-electron chi connectivity index (χ1n) is 8.11. The summed E-state index contributed by atoms with van der Waals surface area (Å²) in [4.78, 5) is 36.0. The zero-order valence-corrected chi connectivity index (χ0v) is 15.2. The van der Waals surface area contributed by atoms with Crippen LogP contribution in [0.1, 0.15) is 28.4 Å². The van der Waals surface area contributed by atoms with Crippen LogP contribution in [0.5, 0.6) is 0 Å². The van der Waals surface area contributed by atoms with Gasteiger partial charge in [0, 0.05) is 18.9 Å². The van der Waals surface area contributed by atoms with Crippen molar-refractivity contribution in [1.82, 2.24) is 15.1 Å². The van der Waals surface area contributed by atoms with Gasteiger partial charge in [-0.25, -0.2) is 4.79 Å². The zero-order valence-electron chi connectivity index (χ0n) is 15.2. The van der Waals surface area contributed by atoms with E-state index in [1.807, 2.05) is 32.0 Å². The maximum absolute atomic E-state index is 12.0. The first-order chi connectivity index (χ1) is 12.3. The van der Waals surface area contributed by atoms with Gasteiger partial charge in [0.25, 0.3) is 5.91 Å². The first-order valence-corrected chi connectivity index (χ1v) is 8.11.